The van der Waals surface area contributed by atoms with Crippen molar-refractivity contribution in [3.8, 4) is 11.8 Å². The molecule has 0 fully saturated rings. The maximum Gasteiger partial charge on any atom is 0.387 e. The first kappa shape index (κ1) is 14.8. The first-order valence-electron chi connectivity index (χ1n) is 6.40. The largest absolute Gasteiger partial charge is 0.434 e. The number of para-hydroxylation sites is 1. The summed E-state index contributed by atoms with van der Waals surface area (Å²) in [5.41, 5.74) is 1.90. The van der Waals surface area contributed by atoms with Crippen LogP contribution < -0.4 is 10.1 Å². The molecule has 1 N–H and O–H groups in total. The van der Waals surface area contributed by atoms with E-state index in [2.05, 4.69) is 16.1 Å². The molecule has 0 radical (unpaired) electrons. The van der Waals surface area contributed by atoms with Gasteiger partial charge in [0.2, 0.25) is 0 Å². The minimum Gasteiger partial charge on any atom is -0.434 e. The van der Waals surface area contributed by atoms with E-state index in [9.17, 15) is 8.78 Å². The Balaban J connectivity index is 2.20. The van der Waals surface area contributed by atoms with Crippen LogP contribution in [0, 0.1) is 11.3 Å². The third kappa shape index (κ3) is 3.93. The number of anilines is 1. The summed E-state index contributed by atoms with van der Waals surface area (Å²) >= 11 is 0. The molecule has 3 nitrogen and oxygen atoms in total. The fourth-order valence-corrected chi connectivity index (χ4v) is 2.05. The van der Waals surface area contributed by atoms with Gasteiger partial charge < -0.3 is 10.1 Å². The number of nitriles is 1. The number of rotatable bonds is 5. The summed E-state index contributed by atoms with van der Waals surface area (Å²) in [5.74, 6) is 0.143. The van der Waals surface area contributed by atoms with Crippen molar-refractivity contribution in [1.82, 2.24) is 0 Å². The Kier molecular flexibility index (Phi) is 4.72. The molecule has 2 rings (SSSR count). The van der Waals surface area contributed by atoms with Gasteiger partial charge in [0.15, 0.2) is 0 Å². The van der Waals surface area contributed by atoms with Crippen LogP contribution in [0.1, 0.15) is 24.1 Å². The number of nitrogens with one attached hydrogen (secondary N) is 1. The molecule has 0 saturated heterocycles. The number of alkyl halides is 2. The van der Waals surface area contributed by atoms with Crippen LogP contribution in [0.2, 0.25) is 0 Å². The molecule has 2 aromatic carbocycles. The van der Waals surface area contributed by atoms with Crippen LogP contribution in [0.25, 0.3) is 0 Å². The summed E-state index contributed by atoms with van der Waals surface area (Å²) in [6.45, 7) is -1.02. The molecule has 0 saturated carbocycles. The molecule has 0 heterocycles. The highest BCUT2D eigenvalue weighted by Crippen LogP contribution is 2.28. The van der Waals surface area contributed by atoms with Gasteiger partial charge in [-0.1, -0.05) is 24.3 Å². The summed E-state index contributed by atoms with van der Waals surface area (Å²) < 4.78 is 29.3. The van der Waals surface area contributed by atoms with Gasteiger partial charge >= 0.3 is 6.61 Å². The van der Waals surface area contributed by atoms with Crippen molar-refractivity contribution in [3.05, 3.63) is 59.7 Å². The molecule has 0 aliphatic rings. The third-order valence-corrected chi connectivity index (χ3v) is 2.98. The first-order chi connectivity index (χ1) is 10.1. The highest BCUT2D eigenvalue weighted by atomic mass is 19.3. The normalized spacial score (nSPS) is 11.8. The molecule has 5 heteroatoms. The molecule has 0 aliphatic heterocycles. The SMILES string of the molecule is CC(Nc1cccc(C#N)c1)c1ccccc1OC(F)F. The predicted molar refractivity (Wildman–Crippen MR) is 76.3 cm³/mol. The number of hydrogen-bond donors (Lipinski definition) is 1. The summed E-state index contributed by atoms with van der Waals surface area (Å²) in [6.07, 6.45) is 0. The van der Waals surface area contributed by atoms with Gasteiger partial charge in [0.05, 0.1) is 17.7 Å². The molecular weight excluding hydrogens is 274 g/mol. The number of ether oxygens (including phenoxy) is 1. The molecule has 0 amide bonds. The van der Waals surface area contributed by atoms with Gasteiger partial charge in [-0.15, -0.1) is 0 Å². The van der Waals surface area contributed by atoms with E-state index in [0.717, 1.165) is 5.69 Å². The predicted octanol–water partition coefficient (Wildman–Crippen LogP) is 4.33. The van der Waals surface area contributed by atoms with E-state index < -0.39 is 6.61 Å². The van der Waals surface area contributed by atoms with Crippen molar-refractivity contribution in [1.29, 1.82) is 5.26 Å². The van der Waals surface area contributed by atoms with Crippen LogP contribution in [0.3, 0.4) is 0 Å². The van der Waals surface area contributed by atoms with Gasteiger partial charge in [-0.25, -0.2) is 0 Å². The second-order valence-electron chi connectivity index (χ2n) is 4.47. The van der Waals surface area contributed by atoms with Crippen molar-refractivity contribution in [2.45, 2.75) is 19.6 Å². The van der Waals surface area contributed by atoms with Crippen molar-refractivity contribution < 1.29 is 13.5 Å². The van der Waals surface area contributed by atoms with Crippen molar-refractivity contribution in [2.75, 3.05) is 5.32 Å². The van der Waals surface area contributed by atoms with Gasteiger partial charge in [0, 0.05) is 11.3 Å². The second-order valence-corrected chi connectivity index (χ2v) is 4.47. The third-order valence-electron chi connectivity index (χ3n) is 2.98. The molecule has 0 bridgehead atoms. The lowest BCUT2D eigenvalue weighted by Crippen LogP contribution is -2.11. The lowest BCUT2D eigenvalue weighted by atomic mass is 10.1. The average Bonchev–Trinajstić information content (AvgIpc) is 2.47. The molecule has 0 aromatic heterocycles. The molecule has 2 aromatic rings. The monoisotopic (exact) mass is 288 g/mol. The van der Waals surface area contributed by atoms with Gasteiger partial charge in [0.25, 0.3) is 0 Å². The van der Waals surface area contributed by atoms with E-state index in [1.807, 2.05) is 13.0 Å². The second kappa shape index (κ2) is 6.71. The summed E-state index contributed by atoms with van der Waals surface area (Å²) in [4.78, 5) is 0. The lowest BCUT2D eigenvalue weighted by Gasteiger charge is -2.19. The summed E-state index contributed by atoms with van der Waals surface area (Å²) in [5, 5.41) is 12.0. The van der Waals surface area contributed by atoms with Crippen LogP contribution in [0.4, 0.5) is 14.5 Å². The van der Waals surface area contributed by atoms with Crippen LogP contribution in [0.5, 0.6) is 5.75 Å². The smallest absolute Gasteiger partial charge is 0.387 e. The Morgan fingerprint density at radius 3 is 2.62 bits per heavy atom. The Hall–Kier alpha value is -2.61. The average molecular weight is 288 g/mol. The van der Waals surface area contributed by atoms with E-state index >= 15 is 0 Å². The zero-order valence-electron chi connectivity index (χ0n) is 11.4. The number of benzene rings is 2. The minimum atomic E-state index is -2.86. The molecule has 0 aliphatic carbocycles. The van der Waals surface area contributed by atoms with Crippen LogP contribution >= 0.6 is 0 Å². The Labute approximate surface area is 121 Å². The van der Waals surface area contributed by atoms with Crippen molar-refractivity contribution in [3.63, 3.8) is 0 Å². The maximum atomic E-state index is 12.4. The molecule has 108 valence electrons. The zero-order valence-corrected chi connectivity index (χ0v) is 11.4. The van der Waals surface area contributed by atoms with Crippen LogP contribution in [-0.2, 0) is 0 Å². The van der Waals surface area contributed by atoms with Crippen LogP contribution in [0.15, 0.2) is 48.5 Å². The van der Waals surface area contributed by atoms with Gasteiger partial charge in [0.1, 0.15) is 5.75 Å². The fourth-order valence-electron chi connectivity index (χ4n) is 2.05. The van der Waals surface area contributed by atoms with E-state index in [1.54, 1.807) is 36.4 Å². The molecule has 21 heavy (non-hydrogen) atoms. The van der Waals surface area contributed by atoms with Gasteiger partial charge in [-0.3, -0.25) is 0 Å². The molecular formula is C16H14F2N2O. The first-order valence-corrected chi connectivity index (χ1v) is 6.40. The molecule has 0 spiro atoms. The topological polar surface area (TPSA) is 45.0 Å². The van der Waals surface area contributed by atoms with E-state index in [4.69, 9.17) is 5.26 Å². The minimum absolute atomic E-state index is 0.143. The Bertz CT molecular complexity index is 653. The zero-order chi connectivity index (χ0) is 15.2. The van der Waals surface area contributed by atoms with Crippen molar-refractivity contribution in [2.24, 2.45) is 0 Å². The van der Waals surface area contributed by atoms with Gasteiger partial charge in [-0.2, -0.15) is 14.0 Å². The van der Waals surface area contributed by atoms with E-state index in [1.165, 1.54) is 6.07 Å². The van der Waals surface area contributed by atoms with Crippen LogP contribution in [-0.4, -0.2) is 6.61 Å². The number of hydrogen-bond acceptors (Lipinski definition) is 3. The maximum absolute atomic E-state index is 12.4. The standard InChI is InChI=1S/C16H14F2N2O/c1-11(20-13-6-4-5-12(9-13)10-19)14-7-2-3-8-15(14)21-16(17)18/h2-9,11,16,20H,1H3. The molecule has 1 unspecified atom stereocenters. The quantitative estimate of drug-likeness (QED) is 0.890. The fraction of sp³-hybridized carbons (Fsp3) is 0.188. The van der Waals surface area contributed by atoms with E-state index in [-0.39, 0.29) is 11.8 Å². The van der Waals surface area contributed by atoms with Crippen molar-refractivity contribution >= 4 is 5.69 Å². The summed E-state index contributed by atoms with van der Waals surface area (Å²) in [7, 11) is 0. The summed E-state index contributed by atoms with van der Waals surface area (Å²) in [6, 6.07) is 15.4. The highest BCUT2D eigenvalue weighted by molar-refractivity contribution is 5.51. The molecule has 1 atom stereocenters. The number of nitrogens with zero attached hydrogens (tertiary/aromatic N) is 1. The van der Waals surface area contributed by atoms with Gasteiger partial charge in [-0.05, 0) is 31.2 Å². The highest BCUT2D eigenvalue weighted by Gasteiger charge is 2.14. The Morgan fingerprint density at radius 1 is 1.14 bits per heavy atom. The lowest BCUT2D eigenvalue weighted by molar-refractivity contribution is -0.0505. The number of halogens is 2. The Morgan fingerprint density at radius 2 is 1.90 bits per heavy atom. The van der Waals surface area contributed by atoms with E-state index in [0.29, 0.717) is 11.1 Å².